The van der Waals surface area contributed by atoms with E-state index in [4.69, 9.17) is 4.98 Å². The molecule has 2 heterocycles. The van der Waals surface area contributed by atoms with Crippen molar-refractivity contribution in [2.45, 2.75) is 31.1 Å². The van der Waals surface area contributed by atoms with E-state index in [9.17, 15) is 0 Å². The number of nitrogens with zero attached hydrogens (tertiary/aromatic N) is 2. The monoisotopic (exact) mass is 640 g/mol. The minimum absolute atomic E-state index is 0.433. The van der Waals surface area contributed by atoms with Crippen molar-refractivity contribution < 1.29 is 0 Å². The standard InChI is InChI=1S/C48H36N2/c1-4-17-33(18-5-1)43-31-36(32-44(49-43)34-19-6-2-7-20-34)50-45-29-15-12-25-39(45)47-42(28-16-30-46(47)50)48(35-21-8-3-9-22-35)40-26-13-10-23-37(40)38-24-11-14-27-41(38)48/h1-14,17-28,31-32H,15-16,29-30H2. The Bertz CT molecular complexity index is 2360. The van der Waals surface area contributed by atoms with Gasteiger partial charge in [-0.05, 0) is 71.2 Å². The summed E-state index contributed by atoms with van der Waals surface area (Å²) in [6, 6.07) is 55.3. The molecule has 0 spiro atoms. The molecule has 0 atom stereocenters. The normalized spacial score (nSPS) is 15.1. The summed E-state index contributed by atoms with van der Waals surface area (Å²) in [5, 5.41) is 0. The fraction of sp³-hybridized carbons (Fsp3) is 0.104. The first-order valence-electron chi connectivity index (χ1n) is 17.8. The summed E-state index contributed by atoms with van der Waals surface area (Å²) in [5.41, 5.74) is 18.7. The van der Waals surface area contributed by atoms with Crippen molar-refractivity contribution in [3.05, 3.63) is 203 Å². The van der Waals surface area contributed by atoms with Gasteiger partial charge in [0.2, 0.25) is 0 Å². The minimum atomic E-state index is -0.433. The molecule has 0 N–H and O–H groups in total. The molecule has 10 rings (SSSR count). The predicted octanol–water partition coefficient (Wildman–Crippen LogP) is 11.5. The number of pyridine rings is 1. The molecule has 0 saturated carbocycles. The van der Waals surface area contributed by atoms with Crippen molar-refractivity contribution in [1.29, 1.82) is 0 Å². The average Bonchev–Trinajstić information content (AvgIpc) is 3.70. The highest BCUT2D eigenvalue weighted by molar-refractivity contribution is 5.98. The van der Waals surface area contributed by atoms with Crippen LogP contribution in [0, 0.1) is 0 Å². The molecule has 7 aromatic rings. The number of hydrogen-bond donors (Lipinski definition) is 0. The molecule has 5 aromatic carbocycles. The van der Waals surface area contributed by atoms with Crippen molar-refractivity contribution in [3.63, 3.8) is 0 Å². The van der Waals surface area contributed by atoms with Gasteiger partial charge in [-0.25, -0.2) is 4.98 Å². The van der Waals surface area contributed by atoms with Crippen LogP contribution in [0.2, 0.25) is 0 Å². The number of benzene rings is 5. The summed E-state index contributed by atoms with van der Waals surface area (Å²) < 4.78 is 2.62. The molecule has 0 aliphatic heterocycles. The Morgan fingerprint density at radius 2 is 1.08 bits per heavy atom. The van der Waals surface area contributed by atoms with Crippen LogP contribution in [-0.2, 0) is 18.3 Å². The second kappa shape index (κ2) is 11.6. The smallest absolute Gasteiger partial charge is 0.0730 e. The second-order valence-corrected chi connectivity index (χ2v) is 13.7. The lowest BCUT2D eigenvalue weighted by molar-refractivity contribution is 0.781. The van der Waals surface area contributed by atoms with Gasteiger partial charge in [-0.2, -0.15) is 0 Å². The molecule has 2 nitrogen and oxygen atoms in total. The summed E-state index contributed by atoms with van der Waals surface area (Å²) in [5.74, 6) is 0. The van der Waals surface area contributed by atoms with Gasteiger partial charge < -0.3 is 4.57 Å². The van der Waals surface area contributed by atoms with Crippen LogP contribution in [0.5, 0.6) is 0 Å². The fourth-order valence-corrected chi connectivity index (χ4v) is 9.03. The maximum atomic E-state index is 5.25. The van der Waals surface area contributed by atoms with E-state index in [1.54, 1.807) is 0 Å². The van der Waals surface area contributed by atoms with Gasteiger partial charge in [-0.3, -0.25) is 0 Å². The van der Waals surface area contributed by atoms with E-state index in [1.807, 2.05) is 0 Å². The van der Waals surface area contributed by atoms with E-state index in [0.717, 1.165) is 48.2 Å². The Balaban J connectivity index is 1.27. The van der Waals surface area contributed by atoms with Gasteiger partial charge in [-0.15, -0.1) is 0 Å². The first-order valence-corrected chi connectivity index (χ1v) is 17.8. The number of aromatic nitrogens is 2. The van der Waals surface area contributed by atoms with Crippen LogP contribution in [0.15, 0.2) is 164 Å². The third-order valence-corrected chi connectivity index (χ3v) is 11.0. The number of fused-ring (bicyclic) bond motifs is 6. The van der Waals surface area contributed by atoms with Crippen LogP contribution < -0.4 is 0 Å². The van der Waals surface area contributed by atoms with Crippen molar-refractivity contribution in [1.82, 2.24) is 9.55 Å². The second-order valence-electron chi connectivity index (χ2n) is 13.7. The lowest BCUT2D eigenvalue weighted by Crippen LogP contribution is -2.30. The highest BCUT2D eigenvalue weighted by atomic mass is 15.0. The Morgan fingerprint density at radius 1 is 0.540 bits per heavy atom. The topological polar surface area (TPSA) is 17.8 Å². The first kappa shape index (κ1) is 29.0. The molecular formula is C48H36N2. The van der Waals surface area contributed by atoms with Gasteiger partial charge in [-0.1, -0.05) is 158 Å². The number of hydrogen-bond acceptors (Lipinski definition) is 1. The third-order valence-electron chi connectivity index (χ3n) is 11.0. The van der Waals surface area contributed by atoms with Crippen molar-refractivity contribution in [2.75, 3.05) is 0 Å². The Labute approximate surface area is 293 Å². The molecule has 50 heavy (non-hydrogen) atoms. The highest BCUT2D eigenvalue weighted by Gasteiger charge is 2.49. The van der Waals surface area contributed by atoms with Crippen LogP contribution in [0.1, 0.15) is 52.0 Å². The number of rotatable bonds is 5. The van der Waals surface area contributed by atoms with Crippen molar-refractivity contribution >= 4 is 11.6 Å². The molecule has 0 radical (unpaired) electrons. The first-order chi connectivity index (χ1) is 24.8. The van der Waals surface area contributed by atoms with Gasteiger partial charge in [0, 0.05) is 39.3 Å². The van der Waals surface area contributed by atoms with Crippen LogP contribution in [-0.4, -0.2) is 9.55 Å². The molecule has 2 heteroatoms. The van der Waals surface area contributed by atoms with E-state index in [-0.39, 0.29) is 0 Å². The van der Waals surface area contributed by atoms with Gasteiger partial charge in [0.15, 0.2) is 0 Å². The highest BCUT2D eigenvalue weighted by Crippen LogP contribution is 2.60. The maximum Gasteiger partial charge on any atom is 0.0730 e. The number of allylic oxidation sites excluding steroid dienone is 3. The Morgan fingerprint density at radius 3 is 1.70 bits per heavy atom. The van der Waals surface area contributed by atoms with E-state index in [1.165, 1.54) is 61.6 Å². The quantitative estimate of drug-likeness (QED) is 0.183. The minimum Gasteiger partial charge on any atom is -0.317 e. The molecule has 3 aliphatic carbocycles. The zero-order valence-corrected chi connectivity index (χ0v) is 27.9. The van der Waals surface area contributed by atoms with E-state index in [0.29, 0.717) is 0 Å². The summed E-state index contributed by atoms with van der Waals surface area (Å²) in [4.78, 5) is 5.25. The van der Waals surface area contributed by atoms with Crippen LogP contribution in [0.25, 0.3) is 51.0 Å². The lowest BCUT2D eigenvalue weighted by Gasteiger charge is -2.38. The summed E-state index contributed by atoms with van der Waals surface area (Å²) in [7, 11) is 0. The van der Waals surface area contributed by atoms with Gasteiger partial charge >= 0.3 is 0 Å². The van der Waals surface area contributed by atoms with E-state index >= 15 is 0 Å². The Kier molecular flexibility index (Phi) is 6.70. The zero-order valence-electron chi connectivity index (χ0n) is 27.9. The van der Waals surface area contributed by atoms with Crippen molar-refractivity contribution in [3.8, 4) is 39.3 Å². The molecule has 2 aromatic heterocycles. The Hall–Kier alpha value is -5.99. The molecule has 0 saturated heterocycles. The van der Waals surface area contributed by atoms with Gasteiger partial charge in [0.25, 0.3) is 0 Å². The zero-order chi connectivity index (χ0) is 33.1. The third kappa shape index (κ3) is 4.25. The summed E-state index contributed by atoms with van der Waals surface area (Å²) >= 11 is 0. The molecule has 0 amide bonds. The van der Waals surface area contributed by atoms with Crippen LogP contribution in [0.3, 0.4) is 0 Å². The molecule has 0 unspecified atom stereocenters. The molecule has 0 fully saturated rings. The molecule has 238 valence electrons. The largest absolute Gasteiger partial charge is 0.317 e. The average molecular weight is 641 g/mol. The van der Waals surface area contributed by atoms with E-state index in [2.05, 4.69) is 174 Å². The van der Waals surface area contributed by atoms with Crippen LogP contribution >= 0.6 is 0 Å². The molecule has 0 bridgehead atoms. The fourth-order valence-electron chi connectivity index (χ4n) is 9.03. The van der Waals surface area contributed by atoms with Crippen LogP contribution in [0.4, 0.5) is 0 Å². The maximum absolute atomic E-state index is 5.25. The molecule has 3 aliphatic rings. The van der Waals surface area contributed by atoms with Gasteiger partial charge in [0.1, 0.15) is 0 Å². The van der Waals surface area contributed by atoms with E-state index < -0.39 is 5.41 Å². The van der Waals surface area contributed by atoms with Crippen molar-refractivity contribution in [2.24, 2.45) is 0 Å². The summed E-state index contributed by atoms with van der Waals surface area (Å²) in [6.45, 7) is 0. The predicted molar refractivity (Wildman–Crippen MR) is 206 cm³/mol. The molecular weight excluding hydrogens is 605 g/mol. The SMILES string of the molecule is C1=Cc2c3c(n(-c4cc(-c5ccccc5)nc(-c5ccccc5)c4)c2CC1)CCC=C3C1(c2ccccc2)c2ccccc2-c2ccccc21. The van der Waals surface area contributed by atoms with Gasteiger partial charge in [0.05, 0.1) is 16.8 Å². The summed E-state index contributed by atoms with van der Waals surface area (Å²) in [6.07, 6.45) is 11.4. The lowest BCUT2D eigenvalue weighted by atomic mass is 9.63.